The molecule has 0 spiro atoms. The number of hydrogen-bond donors (Lipinski definition) is 0. The molecule has 0 atom stereocenters. The van der Waals surface area contributed by atoms with Crippen LogP contribution in [0.1, 0.15) is 54.2 Å². The van der Waals surface area contributed by atoms with Crippen LogP contribution in [0.3, 0.4) is 0 Å². The van der Waals surface area contributed by atoms with E-state index in [-0.39, 0.29) is 5.78 Å². The lowest BCUT2D eigenvalue weighted by molar-refractivity contribution is -0.159. The van der Waals surface area contributed by atoms with Crippen molar-refractivity contribution >= 4 is 62.6 Å². The van der Waals surface area contributed by atoms with Crippen molar-refractivity contribution in [3.63, 3.8) is 0 Å². The molecule has 0 aliphatic carbocycles. The molecular formula is C39H40ClN3O4S. The maximum Gasteiger partial charge on any atom is 0.354 e. The minimum absolute atomic E-state index is 0.000163. The van der Waals surface area contributed by atoms with Crippen LogP contribution < -0.4 is 0 Å². The molecule has 1 saturated heterocycles. The summed E-state index contributed by atoms with van der Waals surface area (Å²) in [6, 6.07) is 27.6. The third kappa shape index (κ3) is 7.08. The molecule has 7 nitrogen and oxygen atoms in total. The summed E-state index contributed by atoms with van der Waals surface area (Å²) >= 11 is 7.79. The number of aromatic nitrogens is 1. The van der Waals surface area contributed by atoms with Gasteiger partial charge in [-0.15, -0.1) is 11.8 Å². The van der Waals surface area contributed by atoms with Crippen molar-refractivity contribution in [3.05, 3.63) is 112 Å². The van der Waals surface area contributed by atoms with Crippen LogP contribution in [-0.4, -0.2) is 64.5 Å². The van der Waals surface area contributed by atoms with E-state index >= 15 is 0 Å². The molecule has 9 heteroatoms. The van der Waals surface area contributed by atoms with Crippen LogP contribution in [0.4, 0.5) is 0 Å². The second-order valence-electron chi connectivity index (χ2n) is 12.5. The Bertz CT molecular complexity index is 1990. The number of fused-ring (bicyclic) bond motifs is 3. The minimum atomic E-state index is -0.852. The van der Waals surface area contributed by atoms with Crippen molar-refractivity contribution in [2.24, 2.45) is 5.16 Å². The number of carbonyl (C=O) groups excluding carboxylic acids is 2. The average molecular weight is 682 g/mol. The number of aryl methyl sites for hydroxylation is 2. The molecule has 48 heavy (non-hydrogen) atoms. The summed E-state index contributed by atoms with van der Waals surface area (Å²) in [6.07, 6.45) is 0.563. The van der Waals surface area contributed by atoms with Crippen molar-refractivity contribution in [1.29, 1.82) is 0 Å². The fourth-order valence-corrected chi connectivity index (χ4v) is 7.23. The second kappa shape index (κ2) is 14.7. The molecule has 1 aromatic heterocycles. The molecule has 4 aromatic carbocycles. The molecule has 0 unspecified atom stereocenters. The monoisotopic (exact) mass is 681 g/mol. The molecule has 0 amide bonds. The number of rotatable bonds is 11. The quantitative estimate of drug-likeness (QED) is 0.0457. The molecule has 0 bridgehead atoms. The number of morpholine rings is 1. The van der Waals surface area contributed by atoms with E-state index in [1.807, 2.05) is 93.6 Å². The van der Waals surface area contributed by atoms with Gasteiger partial charge in [-0.05, 0) is 87.9 Å². The summed E-state index contributed by atoms with van der Waals surface area (Å²) in [5.41, 5.74) is 5.10. The Hall–Kier alpha value is -3.95. The van der Waals surface area contributed by atoms with Crippen molar-refractivity contribution in [1.82, 2.24) is 9.47 Å². The molecule has 0 N–H and O–H groups in total. The van der Waals surface area contributed by atoms with Crippen LogP contribution in [0.2, 0.25) is 5.02 Å². The number of benzene rings is 4. The highest BCUT2D eigenvalue weighted by atomic mass is 35.5. The van der Waals surface area contributed by atoms with Crippen LogP contribution in [0, 0.1) is 6.92 Å². The van der Waals surface area contributed by atoms with Gasteiger partial charge >= 0.3 is 5.97 Å². The normalized spacial score (nSPS) is 14.5. The first-order chi connectivity index (χ1) is 23.2. The van der Waals surface area contributed by atoms with Crippen molar-refractivity contribution in [2.75, 3.05) is 32.1 Å². The summed E-state index contributed by atoms with van der Waals surface area (Å²) in [6.45, 7) is 11.1. The van der Waals surface area contributed by atoms with Gasteiger partial charge in [0.2, 0.25) is 0 Å². The lowest BCUT2D eigenvalue weighted by Crippen LogP contribution is -2.54. The Morgan fingerprint density at radius 1 is 0.917 bits per heavy atom. The number of hydrogen-bond acceptors (Lipinski definition) is 7. The molecule has 1 fully saturated rings. The predicted octanol–water partition coefficient (Wildman–Crippen LogP) is 8.55. The zero-order chi connectivity index (χ0) is 33.8. The first-order valence-electron chi connectivity index (χ1n) is 16.3. The molecule has 6 rings (SSSR count). The van der Waals surface area contributed by atoms with Crippen LogP contribution in [0.5, 0.6) is 0 Å². The third-order valence-electron chi connectivity index (χ3n) is 9.13. The summed E-state index contributed by atoms with van der Waals surface area (Å²) in [5.74, 6) is 0.310. The first kappa shape index (κ1) is 33.9. The molecule has 2 heterocycles. The Kier molecular flexibility index (Phi) is 10.4. The number of ketones is 1. The Morgan fingerprint density at radius 2 is 1.56 bits per heavy atom. The van der Waals surface area contributed by atoms with Gasteiger partial charge in [-0.25, -0.2) is 4.79 Å². The highest BCUT2D eigenvalue weighted by Crippen LogP contribution is 2.32. The summed E-state index contributed by atoms with van der Waals surface area (Å²) in [7, 11) is 0. The van der Waals surface area contributed by atoms with E-state index in [0.717, 1.165) is 44.4 Å². The Labute approximate surface area is 290 Å². The number of nitrogens with zero attached hydrogens (tertiary/aromatic N) is 3. The van der Waals surface area contributed by atoms with E-state index in [1.165, 1.54) is 0 Å². The van der Waals surface area contributed by atoms with Gasteiger partial charge in [0.25, 0.3) is 0 Å². The number of carbonyl (C=O) groups is 2. The van der Waals surface area contributed by atoms with Gasteiger partial charge in [-0.3, -0.25) is 9.69 Å². The van der Waals surface area contributed by atoms with Gasteiger partial charge in [0, 0.05) is 80.2 Å². The SMILES string of the molecule is CCn1c2ccc(C(=O)c3ccccc3C)cc2c2cc(C(CCSc3ccc(Cl)cc3)=NOC(=O)C(C)(C)N3CCOCC3)ccc21. The second-order valence-corrected chi connectivity index (χ2v) is 14.1. The van der Waals surface area contributed by atoms with E-state index in [1.54, 1.807) is 11.8 Å². The van der Waals surface area contributed by atoms with Crippen molar-refractivity contribution in [2.45, 2.75) is 51.1 Å². The molecule has 0 radical (unpaired) electrons. The largest absolute Gasteiger partial charge is 0.379 e. The zero-order valence-corrected chi connectivity index (χ0v) is 29.4. The summed E-state index contributed by atoms with van der Waals surface area (Å²) in [5, 5.41) is 7.23. The maximum absolute atomic E-state index is 13.6. The van der Waals surface area contributed by atoms with E-state index in [9.17, 15) is 9.59 Å². The highest BCUT2D eigenvalue weighted by molar-refractivity contribution is 7.99. The molecule has 248 valence electrons. The fraction of sp³-hybridized carbons (Fsp3) is 0.308. The highest BCUT2D eigenvalue weighted by Gasteiger charge is 2.37. The number of halogens is 1. The van der Waals surface area contributed by atoms with Crippen LogP contribution in [0.15, 0.2) is 95.0 Å². The maximum atomic E-state index is 13.6. The Morgan fingerprint density at radius 3 is 2.23 bits per heavy atom. The van der Waals surface area contributed by atoms with Crippen molar-refractivity contribution in [3.8, 4) is 0 Å². The number of ether oxygens (including phenoxy) is 1. The van der Waals surface area contributed by atoms with Gasteiger partial charge < -0.3 is 14.1 Å². The molecule has 1 aliphatic rings. The molecule has 0 saturated carbocycles. The van der Waals surface area contributed by atoms with E-state index in [0.29, 0.717) is 60.3 Å². The first-order valence-corrected chi connectivity index (χ1v) is 17.7. The minimum Gasteiger partial charge on any atom is -0.379 e. The molecular weight excluding hydrogens is 642 g/mol. The fourth-order valence-electron chi connectivity index (χ4n) is 6.25. The molecule has 5 aromatic rings. The van der Waals surface area contributed by atoms with E-state index in [4.69, 9.17) is 21.2 Å². The van der Waals surface area contributed by atoms with Crippen molar-refractivity contribution < 1.29 is 19.2 Å². The molecule has 1 aliphatic heterocycles. The van der Waals surface area contributed by atoms with Gasteiger partial charge in [0.1, 0.15) is 5.54 Å². The average Bonchev–Trinajstić information content (AvgIpc) is 3.42. The smallest absolute Gasteiger partial charge is 0.354 e. The number of thioether (sulfide) groups is 1. The van der Waals surface area contributed by atoms with Gasteiger partial charge in [-0.1, -0.05) is 47.1 Å². The predicted molar refractivity (Wildman–Crippen MR) is 196 cm³/mol. The van der Waals surface area contributed by atoms with Crippen LogP contribution in [-0.2, 0) is 20.9 Å². The third-order valence-corrected chi connectivity index (χ3v) is 10.4. The lowest BCUT2D eigenvalue weighted by atomic mass is 9.97. The van der Waals surface area contributed by atoms with E-state index < -0.39 is 11.5 Å². The van der Waals surface area contributed by atoms with Gasteiger partial charge in [0.15, 0.2) is 5.78 Å². The van der Waals surface area contributed by atoms with Crippen LogP contribution in [0.25, 0.3) is 21.8 Å². The van der Waals surface area contributed by atoms with Gasteiger partial charge in [0.05, 0.1) is 18.9 Å². The number of oxime groups is 1. The summed E-state index contributed by atoms with van der Waals surface area (Å²) < 4.78 is 7.75. The van der Waals surface area contributed by atoms with Crippen LogP contribution >= 0.6 is 23.4 Å². The standard InChI is InChI=1S/C39H40ClN3O4S/c1-5-43-35-16-10-27(24-32(35)33-25-28(11-17-36(33)43)37(44)31-9-7-6-8-26(31)2)34(18-23-48-30-14-12-29(40)13-15-30)41-47-38(45)39(3,4)42-19-21-46-22-20-42/h6-17,24-25H,5,18-23H2,1-4H3. The van der Waals surface area contributed by atoms with Gasteiger partial charge in [-0.2, -0.15) is 0 Å². The lowest BCUT2D eigenvalue weighted by Gasteiger charge is -2.37. The van der Waals surface area contributed by atoms with E-state index in [2.05, 4.69) is 33.7 Å². The summed E-state index contributed by atoms with van der Waals surface area (Å²) in [4.78, 5) is 35.9. The topological polar surface area (TPSA) is 73.1 Å². The Balaban J connectivity index is 1.36. The zero-order valence-electron chi connectivity index (χ0n) is 27.8.